The normalized spacial score (nSPS) is 17.8. The van der Waals surface area contributed by atoms with E-state index in [2.05, 4.69) is 42.7 Å². The summed E-state index contributed by atoms with van der Waals surface area (Å²) >= 11 is 2.20. The van der Waals surface area contributed by atoms with Crippen LogP contribution in [-0.4, -0.2) is 48.6 Å². The fourth-order valence-electron chi connectivity index (χ4n) is 2.60. The van der Waals surface area contributed by atoms with Gasteiger partial charge in [-0.05, 0) is 38.4 Å². The van der Waals surface area contributed by atoms with Crippen molar-refractivity contribution in [3.05, 3.63) is 0 Å². The molecule has 0 bridgehead atoms. The molecule has 1 aliphatic heterocycles. The van der Waals surface area contributed by atoms with Gasteiger partial charge in [-0.1, -0.05) is 33.6 Å². The Morgan fingerprint density at radius 2 is 1.83 bits per heavy atom. The van der Waals surface area contributed by atoms with E-state index < -0.39 is 0 Å². The van der Waals surface area contributed by atoms with Crippen LogP contribution in [0, 0.1) is 5.92 Å². The van der Waals surface area contributed by atoms with E-state index in [0.29, 0.717) is 0 Å². The van der Waals surface area contributed by atoms with Gasteiger partial charge in [-0.2, -0.15) is 11.8 Å². The number of hydrogen-bond acceptors (Lipinski definition) is 3. The Kier molecular flexibility index (Phi) is 9.16. The quantitative estimate of drug-likeness (QED) is 0.694. The van der Waals surface area contributed by atoms with Crippen molar-refractivity contribution < 1.29 is 0 Å². The fraction of sp³-hybridized carbons (Fsp3) is 1.00. The van der Waals surface area contributed by atoms with E-state index in [1.54, 1.807) is 0 Å². The number of piperidine rings is 1. The van der Waals surface area contributed by atoms with E-state index in [9.17, 15) is 0 Å². The molecule has 0 aliphatic carbocycles. The van der Waals surface area contributed by atoms with Gasteiger partial charge in [0.25, 0.3) is 0 Å². The zero-order valence-electron chi connectivity index (χ0n) is 12.6. The Labute approximate surface area is 118 Å². The molecule has 0 spiro atoms. The fourth-order valence-corrected chi connectivity index (χ4v) is 3.87. The lowest BCUT2D eigenvalue weighted by atomic mass is 10.0. The molecule has 0 atom stereocenters. The van der Waals surface area contributed by atoms with Crippen LogP contribution in [0.15, 0.2) is 0 Å². The van der Waals surface area contributed by atoms with Gasteiger partial charge in [0.1, 0.15) is 0 Å². The lowest BCUT2D eigenvalue weighted by Gasteiger charge is -2.27. The Hall–Kier alpha value is 0.270. The van der Waals surface area contributed by atoms with Crippen molar-refractivity contribution in [3.63, 3.8) is 0 Å². The summed E-state index contributed by atoms with van der Waals surface area (Å²) in [6.45, 7) is 13.2. The second kappa shape index (κ2) is 10.1. The van der Waals surface area contributed by atoms with Crippen molar-refractivity contribution >= 4 is 11.8 Å². The molecule has 1 heterocycles. The molecule has 0 aromatic heterocycles. The van der Waals surface area contributed by atoms with Gasteiger partial charge in [-0.3, -0.25) is 0 Å². The lowest BCUT2D eigenvalue weighted by molar-refractivity contribution is 0.246. The first-order chi connectivity index (χ1) is 8.80. The average molecular weight is 273 g/mol. The summed E-state index contributed by atoms with van der Waals surface area (Å²) in [6.07, 6.45) is 5.38. The van der Waals surface area contributed by atoms with Crippen molar-refractivity contribution in [2.24, 2.45) is 5.92 Å². The molecular formula is C15H32N2S. The van der Waals surface area contributed by atoms with Crippen molar-refractivity contribution in [1.82, 2.24) is 10.2 Å². The van der Waals surface area contributed by atoms with Gasteiger partial charge in [-0.15, -0.1) is 0 Å². The molecule has 2 nitrogen and oxygen atoms in total. The van der Waals surface area contributed by atoms with Crippen LogP contribution in [0.5, 0.6) is 0 Å². The third-order valence-corrected chi connectivity index (χ3v) is 5.53. The number of rotatable bonds is 9. The first kappa shape index (κ1) is 16.3. The molecule has 0 saturated carbocycles. The summed E-state index contributed by atoms with van der Waals surface area (Å²) in [4.78, 5) is 2.64. The topological polar surface area (TPSA) is 15.3 Å². The molecular weight excluding hydrogens is 240 g/mol. The smallest absolute Gasteiger partial charge is 0.00724 e. The number of hydrogen-bond donors (Lipinski definition) is 1. The second-order valence-corrected chi connectivity index (χ2v) is 6.80. The summed E-state index contributed by atoms with van der Waals surface area (Å²) in [5.74, 6) is 2.22. The average Bonchev–Trinajstić information content (AvgIpc) is 2.44. The predicted octanol–water partition coefficient (Wildman–Crippen LogP) is 3.23. The summed E-state index contributed by atoms with van der Waals surface area (Å²) in [5.41, 5.74) is 0. The van der Waals surface area contributed by atoms with Crippen LogP contribution in [0.3, 0.4) is 0 Å². The number of nitrogens with zero attached hydrogens (tertiary/aromatic N) is 1. The molecule has 1 aliphatic rings. The maximum atomic E-state index is 3.44. The van der Waals surface area contributed by atoms with Gasteiger partial charge in [-0.25, -0.2) is 0 Å². The van der Waals surface area contributed by atoms with Gasteiger partial charge in [0.2, 0.25) is 0 Å². The van der Waals surface area contributed by atoms with E-state index >= 15 is 0 Å². The maximum absolute atomic E-state index is 3.44. The molecule has 0 amide bonds. The summed E-state index contributed by atoms with van der Waals surface area (Å²) in [6, 6.07) is 0. The molecule has 0 unspecified atom stereocenters. The predicted molar refractivity (Wildman–Crippen MR) is 84.5 cm³/mol. The van der Waals surface area contributed by atoms with Crippen LogP contribution in [-0.2, 0) is 0 Å². The SMILES string of the molecule is CCC(CC)CN(CC)CCSC1CCNCC1. The van der Waals surface area contributed by atoms with E-state index in [1.165, 1.54) is 64.2 Å². The van der Waals surface area contributed by atoms with Gasteiger partial charge in [0.05, 0.1) is 0 Å². The molecule has 0 aromatic rings. The molecule has 1 rings (SSSR count). The van der Waals surface area contributed by atoms with Crippen LogP contribution in [0.2, 0.25) is 0 Å². The Bertz CT molecular complexity index is 189. The van der Waals surface area contributed by atoms with Gasteiger partial charge in [0, 0.05) is 24.1 Å². The van der Waals surface area contributed by atoms with Gasteiger partial charge < -0.3 is 10.2 Å². The summed E-state index contributed by atoms with van der Waals surface area (Å²) < 4.78 is 0. The molecule has 0 aromatic carbocycles. The monoisotopic (exact) mass is 272 g/mol. The number of thioether (sulfide) groups is 1. The van der Waals surface area contributed by atoms with Crippen LogP contribution in [0.1, 0.15) is 46.5 Å². The first-order valence-corrected chi connectivity index (χ1v) is 8.89. The second-order valence-electron chi connectivity index (χ2n) is 5.40. The van der Waals surface area contributed by atoms with E-state index in [1.807, 2.05) is 0 Å². The molecule has 1 saturated heterocycles. The zero-order chi connectivity index (χ0) is 13.2. The third-order valence-electron chi connectivity index (χ3n) is 4.17. The minimum absolute atomic E-state index is 0.897. The standard InChI is InChI=1S/C15H32N2S/c1-4-14(5-2)13-17(6-3)11-12-18-15-7-9-16-10-8-15/h14-16H,4-13H2,1-3H3. The zero-order valence-corrected chi connectivity index (χ0v) is 13.4. The Balaban J connectivity index is 2.13. The lowest BCUT2D eigenvalue weighted by Crippen LogP contribution is -2.33. The van der Waals surface area contributed by atoms with E-state index in [0.717, 1.165) is 11.2 Å². The molecule has 18 heavy (non-hydrogen) atoms. The minimum Gasteiger partial charge on any atom is -0.317 e. The first-order valence-electron chi connectivity index (χ1n) is 7.84. The highest BCUT2D eigenvalue weighted by atomic mass is 32.2. The molecule has 1 fully saturated rings. The van der Waals surface area contributed by atoms with Crippen molar-refractivity contribution in [1.29, 1.82) is 0 Å². The highest BCUT2D eigenvalue weighted by molar-refractivity contribution is 7.99. The van der Waals surface area contributed by atoms with Gasteiger partial charge >= 0.3 is 0 Å². The van der Waals surface area contributed by atoms with Crippen LogP contribution in [0.25, 0.3) is 0 Å². The maximum Gasteiger partial charge on any atom is 0.00724 e. The van der Waals surface area contributed by atoms with Gasteiger partial charge in [0.15, 0.2) is 0 Å². The molecule has 3 heteroatoms. The third kappa shape index (κ3) is 6.44. The molecule has 0 radical (unpaired) electrons. The van der Waals surface area contributed by atoms with Crippen LogP contribution >= 0.6 is 11.8 Å². The van der Waals surface area contributed by atoms with Crippen LogP contribution < -0.4 is 5.32 Å². The highest BCUT2D eigenvalue weighted by Crippen LogP contribution is 2.20. The molecule has 108 valence electrons. The van der Waals surface area contributed by atoms with E-state index in [-0.39, 0.29) is 0 Å². The van der Waals surface area contributed by atoms with E-state index in [4.69, 9.17) is 0 Å². The largest absolute Gasteiger partial charge is 0.317 e. The Morgan fingerprint density at radius 3 is 2.39 bits per heavy atom. The minimum atomic E-state index is 0.897. The van der Waals surface area contributed by atoms with Crippen molar-refractivity contribution in [2.75, 3.05) is 38.5 Å². The summed E-state index contributed by atoms with van der Waals surface area (Å²) in [7, 11) is 0. The highest BCUT2D eigenvalue weighted by Gasteiger charge is 2.14. The van der Waals surface area contributed by atoms with Crippen molar-refractivity contribution in [2.45, 2.75) is 51.7 Å². The Morgan fingerprint density at radius 1 is 1.17 bits per heavy atom. The summed E-state index contributed by atoms with van der Waals surface area (Å²) in [5, 5.41) is 4.36. The number of nitrogens with one attached hydrogen (secondary N) is 1. The molecule has 1 N–H and O–H groups in total. The van der Waals surface area contributed by atoms with Crippen molar-refractivity contribution in [3.8, 4) is 0 Å². The van der Waals surface area contributed by atoms with Crippen LogP contribution in [0.4, 0.5) is 0 Å².